The molecule has 3 N–H and O–H groups in total. The van der Waals surface area contributed by atoms with Crippen LogP contribution in [0.2, 0.25) is 0 Å². The summed E-state index contributed by atoms with van der Waals surface area (Å²) in [6, 6.07) is 12.0. The van der Waals surface area contributed by atoms with Gasteiger partial charge in [-0.3, -0.25) is 9.55 Å². The molecule has 35 heavy (non-hydrogen) atoms. The summed E-state index contributed by atoms with van der Waals surface area (Å²) in [4.78, 5) is 17.9. The molecule has 1 fully saturated rings. The molecule has 0 atom stereocenters. The van der Waals surface area contributed by atoms with Crippen molar-refractivity contribution in [1.29, 1.82) is 0 Å². The number of hydrogen-bond acceptors (Lipinski definition) is 7. The molecule has 1 saturated carbocycles. The van der Waals surface area contributed by atoms with E-state index in [1.54, 1.807) is 0 Å². The highest BCUT2D eigenvalue weighted by atomic mass is 16.5. The van der Waals surface area contributed by atoms with E-state index in [0.29, 0.717) is 18.3 Å². The molecule has 0 unspecified atom stereocenters. The molecule has 4 aromatic heterocycles. The van der Waals surface area contributed by atoms with Gasteiger partial charge < -0.3 is 15.8 Å². The number of nitrogens with one attached hydrogen (secondary N) is 1. The molecular formula is C27H27N7O. The lowest BCUT2D eigenvalue weighted by Crippen LogP contribution is -2.01. The fourth-order valence-electron chi connectivity index (χ4n) is 5.03. The predicted molar refractivity (Wildman–Crippen MR) is 138 cm³/mol. The number of benzene rings is 1. The van der Waals surface area contributed by atoms with E-state index in [9.17, 15) is 0 Å². The zero-order chi connectivity index (χ0) is 23.8. The minimum absolute atomic E-state index is 0.393. The fraction of sp³-hybridized carbons (Fsp3) is 0.259. The Kier molecular flexibility index (Phi) is 5.41. The highest BCUT2D eigenvalue weighted by molar-refractivity contribution is 5.91. The molecule has 0 radical (unpaired) electrons. The van der Waals surface area contributed by atoms with Crippen LogP contribution >= 0.6 is 0 Å². The third-order valence-electron chi connectivity index (χ3n) is 6.82. The molecule has 4 heterocycles. The van der Waals surface area contributed by atoms with Crippen molar-refractivity contribution in [2.24, 2.45) is 0 Å². The summed E-state index contributed by atoms with van der Waals surface area (Å²) in [5, 5.41) is 5.11. The first-order valence-electron chi connectivity index (χ1n) is 12.0. The lowest BCUT2D eigenvalue weighted by Gasteiger charge is -2.10. The first-order valence-corrected chi connectivity index (χ1v) is 12.0. The van der Waals surface area contributed by atoms with E-state index in [0.717, 1.165) is 44.8 Å². The number of nitrogens with two attached hydrogens (primary N) is 1. The third-order valence-corrected chi connectivity index (χ3v) is 6.82. The number of hydrogen-bond donors (Lipinski definition) is 2. The summed E-state index contributed by atoms with van der Waals surface area (Å²) in [5.74, 6) is 2.62. The van der Waals surface area contributed by atoms with Crippen molar-refractivity contribution in [3.63, 3.8) is 0 Å². The molecule has 0 amide bonds. The molecule has 0 bridgehead atoms. The van der Waals surface area contributed by atoms with Gasteiger partial charge in [0.2, 0.25) is 0 Å². The van der Waals surface area contributed by atoms with E-state index in [4.69, 9.17) is 10.5 Å². The van der Waals surface area contributed by atoms with Gasteiger partial charge in [0, 0.05) is 36.5 Å². The lowest BCUT2D eigenvalue weighted by atomic mass is 9.98. The van der Waals surface area contributed by atoms with Crippen LogP contribution in [0.5, 0.6) is 5.75 Å². The number of rotatable bonds is 6. The van der Waals surface area contributed by atoms with E-state index in [2.05, 4.69) is 42.1 Å². The van der Waals surface area contributed by atoms with E-state index >= 15 is 0 Å². The van der Waals surface area contributed by atoms with Gasteiger partial charge in [-0.2, -0.15) is 0 Å². The average Bonchev–Trinajstić information content (AvgIpc) is 3.56. The Hall–Kier alpha value is -4.20. The third kappa shape index (κ3) is 4.01. The van der Waals surface area contributed by atoms with E-state index in [-0.39, 0.29) is 0 Å². The smallest absolute Gasteiger partial charge is 0.150 e. The summed E-state index contributed by atoms with van der Waals surface area (Å²) in [5.41, 5.74) is 11.1. The second-order valence-electron chi connectivity index (χ2n) is 9.03. The first kappa shape index (κ1) is 21.3. The predicted octanol–water partition coefficient (Wildman–Crippen LogP) is 5.22. The van der Waals surface area contributed by atoms with Gasteiger partial charge in [-0.05, 0) is 54.7 Å². The maximum absolute atomic E-state index is 6.31. The van der Waals surface area contributed by atoms with Gasteiger partial charge in [-0.15, -0.1) is 0 Å². The maximum atomic E-state index is 6.31. The van der Waals surface area contributed by atoms with Gasteiger partial charge in [0.25, 0.3) is 0 Å². The van der Waals surface area contributed by atoms with Crippen LogP contribution in [0.25, 0.3) is 27.6 Å². The molecule has 1 aliphatic rings. The monoisotopic (exact) mass is 465 g/mol. The van der Waals surface area contributed by atoms with Gasteiger partial charge in [0.05, 0.1) is 22.8 Å². The molecule has 0 spiro atoms. The Morgan fingerprint density at radius 2 is 1.94 bits per heavy atom. The number of anilines is 2. The molecule has 5 aromatic rings. The summed E-state index contributed by atoms with van der Waals surface area (Å²) >= 11 is 0. The van der Waals surface area contributed by atoms with Gasteiger partial charge in [0.15, 0.2) is 0 Å². The van der Waals surface area contributed by atoms with Crippen LogP contribution < -0.4 is 15.8 Å². The topological polar surface area (TPSA) is 104 Å². The van der Waals surface area contributed by atoms with Crippen LogP contribution in [0.1, 0.15) is 42.7 Å². The normalized spacial score (nSPS) is 14.1. The Bertz CT molecular complexity index is 1520. The molecule has 176 valence electrons. The molecule has 1 aromatic carbocycles. The number of ether oxygens (including phenoxy) is 1. The Morgan fingerprint density at radius 1 is 1.09 bits per heavy atom. The Labute approximate surface area is 203 Å². The number of pyridine rings is 2. The zero-order valence-corrected chi connectivity index (χ0v) is 19.6. The van der Waals surface area contributed by atoms with Crippen LogP contribution in [0, 0.1) is 0 Å². The average molecular weight is 466 g/mol. The SMILES string of the molecule is CNc1ccc2ccc(OCc3cncc(-n4cc(C5CCCC5)c5c(N)ncnc54)c3)cc2n1. The Balaban J connectivity index is 1.30. The maximum Gasteiger partial charge on any atom is 0.150 e. The van der Waals surface area contributed by atoms with Crippen LogP contribution in [-0.4, -0.2) is 31.6 Å². The highest BCUT2D eigenvalue weighted by Crippen LogP contribution is 2.40. The van der Waals surface area contributed by atoms with Crippen LogP contribution in [-0.2, 0) is 6.61 Å². The first-order chi connectivity index (χ1) is 17.2. The van der Waals surface area contributed by atoms with E-state index in [1.807, 2.05) is 49.8 Å². The van der Waals surface area contributed by atoms with Crippen LogP contribution in [0.4, 0.5) is 11.6 Å². The van der Waals surface area contributed by atoms with Crippen molar-refractivity contribution in [3.8, 4) is 11.4 Å². The second kappa shape index (κ2) is 8.87. The van der Waals surface area contributed by atoms with Crippen molar-refractivity contribution in [1.82, 2.24) is 24.5 Å². The quantitative estimate of drug-likeness (QED) is 0.354. The van der Waals surface area contributed by atoms with Gasteiger partial charge in [-0.25, -0.2) is 15.0 Å². The number of aromatic nitrogens is 5. The molecule has 8 nitrogen and oxygen atoms in total. The van der Waals surface area contributed by atoms with Crippen molar-refractivity contribution in [2.45, 2.75) is 38.2 Å². The highest BCUT2D eigenvalue weighted by Gasteiger charge is 2.24. The second-order valence-corrected chi connectivity index (χ2v) is 9.03. The molecule has 6 rings (SSSR count). The van der Waals surface area contributed by atoms with Crippen molar-refractivity contribution in [3.05, 3.63) is 72.4 Å². The molecular weight excluding hydrogens is 438 g/mol. The van der Waals surface area contributed by atoms with Crippen molar-refractivity contribution < 1.29 is 4.74 Å². The lowest BCUT2D eigenvalue weighted by molar-refractivity contribution is 0.306. The minimum atomic E-state index is 0.393. The summed E-state index contributed by atoms with van der Waals surface area (Å²) in [6.07, 6.45) is 12.2. The van der Waals surface area contributed by atoms with Gasteiger partial charge in [-0.1, -0.05) is 12.8 Å². The minimum Gasteiger partial charge on any atom is -0.489 e. The summed E-state index contributed by atoms with van der Waals surface area (Å²) < 4.78 is 8.18. The van der Waals surface area contributed by atoms with Crippen LogP contribution in [0.3, 0.4) is 0 Å². The molecule has 0 saturated heterocycles. The number of nitrogen functional groups attached to an aromatic ring is 1. The van der Waals surface area contributed by atoms with Crippen molar-refractivity contribution in [2.75, 3.05) is 18.1 Å². The van der Waals surface area contributed by atoms with E-state index < -0.39 is 0 Å². The van der Waals surface area contributed by atoms with Gasteiger partial charge in [0.1, 0.15) is 36.0 Å². The Morgan fingerprint density at radius 3 is 2.80 bits per heavy atom. The number of fused-ring (bicyclic) bond motifs is 2. The molecule has 8 heteroatoms. The fourth-order valence-corrected chi connectivity index (χ4v) is 5.03. The van der Waals surface area contributed by atoms with Gasteiger partial charge >= 0.3 is 0 Å². The zero-order valence-electron chi connectivity index (χ0n) is 19.6. The summed E-state index contributed by atoms with van der Waals surface area (Å²) in [7, 11) is 1.86. The number of nitrogens with zero attached hydrogens (tertiary/aromatic N) is 5. The van der Waals surface area contributed by atoms with E-state index in [1.165, 1.54) is 37.6 Å². The summed E-state index contributed by atoms with van der Waals surface area (Å²) in [6.45, 7) is 0.393. The largest absolute Gasteiger partial charge is 0.489 e. The van der Waals surface area contributed by atoms with Crippen molar-refractivity contribution >= 4 is 33.6 Å². The molecule has 0 aliphatic heterocycles. The van der Waals surface area contributed by atoms with Crippen LogP contribution in [0.15, 0.2) is 61.3 Å². The standard InChI is InChI=1S/C27H27N7O/c1-29-24-9-7-19-6-8-21(11-23(19)33-24)35-15-17-10-20(13-30-12-17)34-14-22(18-4-2-3-5-18)25-26(28)31-16-32-27(25)34/h6-14,16,18H,2-5,15H2,1H3,(H,29,33)(H2,28,31,32). The molecule has 1 aliphatic carbocycles.